The average molecular weight is 372 g/mol. The van der Waals surface area contributed by atoms with Crippen molar-refractivity contribution in [2.45, 2.75) is 72.1 Å². The highest BCUT2D eigenvalue weighted by Crippen LogP contribution is 2.67. The Hall–Kier alpha value is -1.32. The fraction of sp³-hybridized carbons (Fsp3) is 0.864. The lowest BCUT2D eigenvalue weighted by Gasteiger charge is -2.58. The summed E-state index contributed by atoms with van der Waals surface area (Å²) in [6.07, 6.45) is 8.40. The van der Waals surface area contributed by atoms with Gasteiger partial charge in [-0.1, -0.05) is 31.5 Å². The molecule has 0 unspecified atom stereocenters. The molecule has 0 aliphatic heterocycles. The first-order valence-electron chi connectivity index (χ1n) is 10.8. The zero-order chi connectivity index (χ0) is 19.4. The van der Waals surface area contributed by atoms with Gasteiger partial charge in [-0.15, -0.1) is 0 Å². The summed E-state index contributed by atoms with van der Waals surface area (Å²) in [6.45, 7) is 7.33. The van der Waals surface area contributed by atoms with Crippen LogP contribution in [0.5, 0.6) is 0 Å². The summed E-state index contributed by atoms with van der Waals surface area (Å²) in [5, 5.41) is 13.6. The number of Topliss-reactive ketones (excluding diaryl/α,β-unsaturated/α-hetero) is 1. The summed E-state index contributed by atoms with van der Waals surface area (Å²) in [5.74, 6) is 3.08. The van der Waals surface area contributed by atoms with Crippen LogP contribution in [0, 0.1) is 40.4 Å². The van der Waals surface area contributed by atoms with E-state index in [0.29, 0.717) is 47.8 Å². The zero-order valence-electron chi connectivity index (χ0n) is 16.9. The van der Waals surface area contributed by atoms with Crippen LogP contribution in [0.2, 0.25) is 0 Å². The lowest BCUT2D eigenvalue weighted by atomic mass is 9.46. The fourth-order valence-electron chi connectivity index (χ4n) is 7.95. The zero-order valence-corrected chi connectivity index (χ0v) is 16.9. The van der Waals surface area contributed by atoms with Crippen molar-refractivity contribution < 1.29 is 9.90 Å². The van der Waals surface area contributed by atoms with Gasteiger partial charge in [0, 0.05) is 17.9 Å². The van der Waals surface area contributed by atoms with Crippen LogP contribution < -0.4 is 0 Å². The molecule has 0 aromatic heterocycles. The van der Waals surface area contributed by atoms with Crippen molar-refractivity contribution in [1.29, 1.82) is 0 Å². The summed E-state index contributed by atoms with van der Waals surface area (Å²) < 4.78 is 0. The second-order valence-electron chi connectivity index (χ2n) is 10.2. The van der Waals surface area contributed by atoms with Gasteiger partial charge in [0.05, 0.1) is 5.70 Å². The van der Waals surface area contributed by atoms with E-state index in [-0.39, 0.29) is 11.2 Å². The number of rotatable bonds is 3. The molecule has 1 N–H and O–H groups in total. The SMILES string of the molecule is C[C@H](CO)[C@H]1CC[C@H]2[C@@H]3CCC4=C(N=[N+]=[N-])C(=O)CC[C@]4(C)[C@H]3CC[C@]12C. The average Bonchev–Trinajstić information content (AvgIpc) is 3.01. The molecular formula is C22H33N3O2. The highest BCUT2D eigenvalue weighted by Gasteiger charge is 2.59. The molecule has 0 aromatic rings. The number of ketones is 1. The maximum absolute atomic E-state index is 12.4. The van der Waals surface area contributed by atoms with Gasteiger partial charge in [-0.2, -0.15) is 0 Å². The summed E-state index contributed by atoms with van der Waals surface area (Å²) >= 11 is 0. The van der Waals surface area contributed by atoms with Crippen LogP contribution in [0.1, 0.15) is 72.1 Å². The number of nitrogens with zero attached hydrogens (tertiary/aromatic N) is 3. The lowest BCUT2D eigenvalue weighted by molar-refractivity contribution is -0.119. The second-order valence-corrected chi connectivity index (χ2v) is 10.2. The minimum absolute atomic E-state index is 0.0162. The number of hydrogen-bond donors (Lipinski definition) is 1. The summed E-state index contributed by atoms with van der Waals surface area (Å²) in [5.41, 5.74) is 10.9. The highest BCUT2D eigenvalue weighted by molar-refractivity contribution is 5.97. The van der Waals surface area contributed by atoms with Gasteiger partial charge in [-0.05, 0) is 90.9 Å². The van der Waals surface area contributed by atoms with Crippen LogP contribution in [-0.4, -0.2) is 17.5 Å². The van der Waals surface area contributed by atoms with Crippen molar-refractivity contribution in [3.05, 3.63) is 21.7 Å². The number of azide groups is 1. The van der Waals surface area contributed by atoms with E-state index in [1.165, 1.54) is 25.7 Å². The maximum atomic E-state index is 12.4. The third-order valence-electron chi connectivity index (χ3n) is 9.29. The van der Waals surface area contributed by atoms with Crippen LogP contribution in [0.15, 0.2) is 16.4 Å². The van der Waals surface area contributed by atoms with Crippen molar-refractivity contribution in [3.63, 3.8) is 0 Å². The molecule has 5 heteroatoms. The number of allylic oxidation sites excluding steroid dienone is 1. The Kier molecular flexibility index (Phi) is 4.67. The predicted octanol–water partition coefficient (Wildman–Crippen LogP) is 5.40. The van der Waals surface area contributed by atoms with Crippen molar-refractivity contribution in [3.8, 4) is 0 Å². The van der Waals surface area contributed by atoms with E-state index in [2.05, 4.69) is 30.8 Å². The minimum atomic E-state index is 0.0162. The third-order valence-corrected chi connectivity index (χ3v) is 9.29. The Morgan fingerprint density at radius 2 is 1.96 bits per heavy atom. The molecule has 3 saturated carbocycles. The highest BCUT2D eigenvalue weighted by atomic mass is 16.3. The molecule has 0 heterocycles. The topological polar surface area (TPSA) is 86.1 Å². The number of fused-ring (bicyclic) bond motifs is 5. The van der Waals surface area contributed by atoms with Gasteiger partial charge < -0.3 is 5.11 Å². The maximum Gasteiger partial charge on any atom is 0.165 e. The molecule has 0 spiro atoms. The summed E-state index contributed by atoms with van der Waals surface area (Å²) in [6, 6.07) is 0. The summed E-state index contributed by atoms with van der Waals surface area (Å²) in [4.78, 5) is 15.3. The van der Waals surface area contributed by atoms with Crippen LogP contribution in [-0.2, 0) is 4.79 Å². The van der Waals surface area contributed by atoms with Crippen LogP contribution in [0.3, 0.4) is 0 Å². The molecule has 3 fully saturated rings. The Morgan fingerprint density at radius 3 is 2.67 bits per heavy atom. The normalized spacial score (nSPS) is 44.8. The molecule has 5 nitrogen and oxygen atoms in total. The van der Waals surface area contributed by atoms with Crippen LogP contribution >= 0.6 is 0 Å². The van der Waals surface area contributed by atoms with Crippen molar-refractivity contribution >= 4 is 5.78 Å². The van der Waals surface area contributed by atoms with Crippen molar-refractivity contribution in [2.24, 2.45) is 45.5 Å². The number of carbonyl (C=O) groups is 1. The predicted molar refractivity (Wildman–Crippen MR) is 105 cm³/mol. The van der Waals surface area contributed by atoms with Gasteiger partial charge in [0.25, 0.3) is 0 Å². The van der Waals surface area contributed by atoms with Gasteiger partial charge in [0.1, 0.15) is 0 Å². The number of aliphatic hydroxyl groups excluding tert-OH is 1. The first-order valence-corrected chi connectivity index (χ1v) is 10.8. The van der Waals surface area contributed by atoms with E-state index in [1.54, 1.807) is 0 Å². The van der Waals surface area contributed by atoms with Crippen molar-refractivity contribution in [1.82, 2.24) is 0 Å². The molecule has 4 aliphatic rings. The van der Waals surface area contributed by atoms with E-state index in [1.807, 2.05) is 0 Å². The van der Waals surface area contributed by atoms with Crippen molar-refractivity contribution in [2.75, 3.05) is 6.61 Å². The molecule has 4 rings (SSSR count). The number of aliphatic hydroxyl groups is 1. The standard InChI is InChI=1S/C22H33N3O2/c1-13(12-26)15-6-7-16-14-4-5-18-20(24-25-23)19(27)9-11-22(18,3)17(14)8-10-21(15,16)2/h13-17,26H,4-12H2,1-3H3/t13-,14+,15-,16+,17+,21-,22-/m1/s1. The molecule has 0 aromatic carbocycles. The summed E-state index contributed by atoms with van der Waals surface area (Å²) in [7, 11) is 0. The van der Waals surface area contributed by atoms with Gasteiger partial charge in [-0.3, -0.25) is 4.79 Å². The van der Waals surface area contributed by atoms with E-state index in [0.717, 1.165) is 30.8 Å². The van der Waals surface area contributed by atoms with E-state index in [9.17, 15) is 9.90 Å². The minimum Gasteiger partial charge on any atom is -0.396 e. The first kappa shape index (κ1) is 19.0. The smallest absolute Gasteiger partial charge is 0.165 e. The van der Waals surface area contributed by atoms with Gasteiger partial charge in [0.15, 0.2) is 5.78 Å². The van der Waals surface area contributed by atoms with Gasteiger partial charge >= 0.3 is 0 Å². The Balaban J connectivity index is 1.69. The molecule has 0 radical (unpaired) electrons. The molecule has 0 amide bonds. The van der Waals surface area contributed by atoms with E-state index < -0.39 is 0 Å². The fourth-order valence-corrected chi connectivity index (χ4v) is 7.95. The first-order chi connectivity index (χ1) is 12.9. The quantitative estimate of drug-likeness (QED) is 0.409. The third kappa shape index (κ3) is 2.61. The largest absolute Gasteiger partial charge is 0.396 e. The van der Waals surface area contributed by atoms with E-state index >= 15 is 0 Å². The number of carbonyl (C=O) groups excluding carboxylic acids is 1. The van der Waals surface area contributed by atoms with E-state index in [4.69, 9.17) is 5.53 Å². The van der Waals surface area contributed by atoms with Crippen LogP contribution in [0.4, 0.5) is 0 Å². The molecular weight excluding hydrogens is 338 g/mol. The van der Waals surface area contributed by atoms with Crippen LogP contribution in [0.25, 0.3) is 10.4 Å². The molecule has 148 valence electrons. The number of hydrogen-bond acceptors (Lipinski definition) is 3. The lowest BCUT2D eigenvalue weighted by Crippen LogP contribution is -2.51. The molecule has 0 bridgehead atoms. The molecule has 7 atom stereocenters. The molecule has 4 aliphatic carbocycles. The monoisotopic (exact) mass is 371 g/mol. The second kappa shape index (κ2) is 6.63. The Labute approximate surface area is 162 Å². The van der Waals surface area contributed by atoms with Gasteiger partial charge in [0.2, 0.25) is 0 Å². The van der Waals surface area contributed by atoms with Gasteiger partial charge in [-0.25, -0.2) is 0 Å². The molecule has 0 saturated heterocycles. The molecule has 27 heavy (non-hydrogen) atoms. The Bertz CT molecular complexity index is 725. The Morgan fingerprint density at radius 1 is 1.19 bits per heavy atom.